The van der Waals surface area contributed by atoms with Gasteiger partial charge in [0.15, 0.2) is 5.82 Å². The molecule has 7 heteroatoms. The number of carbonyl (C=O) groups excluding carboxylic acids is 1. The average Bonchev–Trinajstić information content (AvgIpc) is 3.01. The highest BCUT2D eigenvalue weighted by molar-refractivity contribution is 5.81. The first kappa shape index (κ1) is 15.4. The van der Waals surface area contributed by atoms with Crippen LogP contribution in [0.4, 0.5) is 0 Å². The zero-order valence-electron chi connectivity index (χ0n) is 13.3. The Bertz CT molecular complexity index is 513. The maximum Gasteiger partial charge on any atom is 0.239 e. The lowest BCUT2D eigenvalue weighted by Gasteiger charge is -2.38. The quantitative estimate of drug-likeness (QED) is 0.823. The molecule has 0 bridgehead atoms. The molecule has 22 heavy (non-hydrogen) atoms. The van der Waals surface area contributed by atoms with E-state index in [1.54, 1.807) is 0 Å². The van der Waals surface area contributed by atoms with Crippen molar-refractivity contribution in [1.82, 2.24) is 19.9 Å². The van der Waals surface area contributed by atoms with E-state index in [2.05, 4.69) is 15.0 Å². The summed E-state index contributed by atoms with van der Waals surface area (Å²) in [6, 6.07) is -0.107. The summed E-state index contributed by atoms with van der Waals surface area (Å²) >= 11 is 0. The van der Waals surface area contributed by atoms with Crippen LogP contribution in [0.15, 0.2) is 4.52 Å². The van der Waals surface area contributed by atoms with E-state index in [4.69, 9.17) is 9.26 Å². The minimum atomic E-state index is -0.107. The molecule has 0 saturated carbocycles. The number of piperidine rings is 1. The van der Waals surface area contributed by atoms with E-state index in [0.29, 0.717) is 38.0 Å². The molecule has 7 nitrogen and oxygen atoms in total. The second-order valence-electron chi connectivity index (χ2n) is 6.13. The van der Waals surface area contributed by atoms with Crippen molar-refractivity contribution in [3.63, 3.8) is 0 Å². The third-order valence-electron chi connectivity index (χ3n) is 4.57. The zero-order valence-corrected chi connectivity index (χ0v) is 13.3. The van der Waals surface area contributed by atoms with Gasteiger partial charge in [-0.2, -0.15) is 4.98 Å². The van der Waals surface area contributed by atoms with Gasteiger partial charge in [-0.05, 0) is 33.2 Å². The molecular weight excluding hydrogens is 284 g/mol. The Kier molecular flexibility index (Phi) is 4.73. The third kappa shape index (κ3) is 3.30. The molecule has 2 aliphatic heterocycles. The van der Waals surface area contributed by atoms with E-state index >= 15 is 0 Å². The normalized spacial score (nSPS) is 25.2. The van der Waals surface area contributed by atoms with Gasteiger partial charge in [0, 0.05) is 19.6 Å². The fourth-order valence-corrected chi connectivity index (χ4v) is 3.24. The number of carbonyl (C=O) groups is 1. The SMILES string of the molecule is Cc1noc([C@@H]2CCCN([C@H](C)C(=O)N3CCOCC3)C2)n1. The van der Waals surface area contributed by atoms with E-state index in [1.807, 2.05) is 18.7 Å². The van der Waals surface area contributed by atoms with E-state index in [-0.39, 0.29) is 17.9 Å². The highest BCUT2D eigenvalue weighted by Crippen LogP contribution is 2.27. The predicted molar refractivity (Wildman–Crippen MR) is 79.4 cm³/mol. The number of amides is 1. The summed E-state index contributed by atoms with van der Waals surface area (Å²) in [5, 5.41) is 3.88. The number of likely N-dealkylation sites (tertiary alicyclic amines) is 1. The van der Waals surface area contributed by atoms with Crippen LogP contribution in [0.1, 0.15) is 37.4 Å². The molecule has 1 amide bonds. The molecule has 2 aliphatic rings. The summed E-state index contributed by atoms with van der Waals surface area (Å²) in [5.41, 5.74) is 0. The van der Waals surface area contributed by atoms with Crippen LogP contribution in [0.3, 0.4) is 0 Å². The summed E-state index contributed by atoms with van der Waals surface area (Å²) in [6.45, 7) is 8.26. The Morgan fingerprint density at radius 1 is 1.32 bits per heavy atom. The van der Waals surface area contributed by atoms with Gasteiger partial charge in [0.05, 0.1) is 25.2 Å². The molecule has 0 radical (unpaired) electrons. The van der Waals surface area contributed by atoms with E-state index in [9.17, 15) is 4.79 Å². The first-order chi connectivity index (χ1) is 10.6. The van der Waals surface area contributed by atoms with Crippen molar-refractivity contribution < 1.29 is 14.1 Å². The molecular formula is C15H24N4O3. The highest BCUT2D eigenvalue weighted by atomic mass is 16.5. The molecule has 0 N–H and O–H groups in total. The first-order valence-corrected chi connectivity index (χ1v) is 8.06. The average molecular weight is 308 g/mol. The Labute approximate surface area is 130 Å². The zero-order chi connectivity index (χ0) is 15.5. The van der Waals surface area contributed by atoms with Crippen LogP contribution in [0.2, 0.25) is 0 Å². The molecule has 2 atom stereocenters. The van der Waals surface area contributed by atoms with Gasteiger partial charge < -0.3 is 14.2 Å². The summed E-state index contributed by atoms with van der Waals surface area (Å²) in [7, 11) is 0. The lowest BCUT2D eigenvalue weighted by molar-refractivity contribution is -0.141. The molecule has 2 saturated heterocycles. The molecule has 0 unspecified atom stereocenters. The highest BCUT2D eigenvalue weighted by Gasteiger charge is 2.32. The maximum absolute atomic E-state index is 12.6. The smallest absolute Gasteiger partial charge is 0.239 e. The molecule has 3 heterocycles. The topological polar surface area (TPSA) is 71.7 Å². The van der Waals surface area contributed by atoms with E-state index in [1.165, 1.54) is 0 Å². The Hall–Kier alpha value is -1.47. The van der Waals surface area contributed by atoms with Crippen LogP contribution < -0.4 is 0 Å². The summed E-state index contributed by atoms with van der Waals surface area (Å²) < 4.78 is 10.6. The van der Waals surface area contributed by atoms with Crippen LogP contribution in [0.25, 0.3) is 0 Å². The van der Waals surface area contributed by atoms with Crippen LogP contribution in [0, 0.1) is 6.92 Å². The monoisotopic (exact) mass is 308 g/mol. The number of hydrogen-bond acceptors (Lipinski definition) is 6. The van der Waals surface area contributed by atoms with Crippen molar-refractivity contribution in [3.8, 4) is 0 Å². The van der Waals surface area contributed by atoms with Gasteiger partial charge in [-0.25, -0.2) is 0 Å². The lowest BCUT2D eigenvalue weighted by Crippen LogP contribution is -2.52. The number of morpholine rings is 1. The van der Waals surface area contributed by atoms with Crippen molar-refractivity contribution in [1.29, 1.82) is 0 Å². The molecule has 2 fully saturated rings. The number of hydrogen-bond donors (Lipinski definition) is 0. The first-order valence-electron chi connectivity index (χ1n) is 8.06. The van der Waals surface area contributed by atoms with E-state index in [0.717, 1.165) is 25.9 Å². The molecule has 0 aromatic carbocycles. The second-order valence-corrected chi connectivity index (χ2v) is 6.13. The van der Waals surface area contributed by atoms with Crippen molar-refractivity contribution in [3.05, 3.63) is 11.7 Å². The summed E-state index contributed by atoms with van der Waals surface area (Å²) in [5.74, 6) is 1.80. The fourth-order valence-electron chi connectivity index (χ4n) is 3.24. The summed E-state index contributed by atoms with van der Waals surface area (Å²) in [6.07, 6.45) is 2.09. The van der Waals surface area contributed by atoms with Crippen molar-refractivity contribution in [2.24, 2.45) is 0 Å². The lowest BCUT2D eigenvalue weighted by atomic mass is 9.96. The second kappa shape index (κ2) is 6.75. The molecule has 0 aliphatic carbocycles. The van der Waals surface area contributed by atoms with Crippen molar-refractivity contribution in [2.45, 2.75) is 38.6 Å². The number of nitrogens with zero attached hydrogens (tertiary/aromatic N) is 4. The van der Waals surface area contributed by atoms with Gasteiger partial charge in [-0.15, -0.1) is 0 Å². The van der Waals surface area contributed by atoms with Gasteiger partial charge in [-0.3, -0.25) is 9.69 Å². The Morgan fingerprint density at radius 2 is 2.09 bits per heavy atom. The Balaban J connectivity index is 1.62. The number of aromatic nitrogens is 2. The Morgan fingerprint density at radius 3 is 2.77 bits per heavy atom. The predicted octanol–water partition coefficient (Wildman–Crippen LogP) is 0.805. The molecule has 1 aromatic rings. The number of ether oxygens (including phenoxy) is 1. The largest absolute Gasteiger partial charge is 0.378 e. The molecule has 3 rings (SSSR count). The molecule has 0 spiro atoms. The summed E-state index contributed by atoms with van der Waals surface area (Å²) in [4.78, 5) is 21.1. The van der Waals surface area contributed by atoms with Crippen LogP contribution in [-0.2, 0) is 9.53 Å². The third-order valence-corrected chi connectivity index (χ3v) is 4.57. The van der Waals surface area contributed by atoms with E-state index < -0.39 is 0 Å². The van der Waals surface area contributed by atoms with Gasteiger partial charge in [0.2, 0.25) is 11.8 Å². The van der Waals surface area contributed by atoms with Crippen LogP contribution in [-0.4, -0.2) is 71.3 Å². The molecule has 1 aromatic heterocycles. The minimum Gasteiger partial charge on any atom is -0.378 e. The van der Waals surface area contributed by atoms with Gasteiger partial charge in [0.1, 0.15) is 0 Å². The maximum atomic E-state index is 12.6. The number of aryl methyl sites for hydroxylation is 1. The standard InChI is InChI=1S/C15H24N4O3/c1-11(15(20)18-6-8-21-9-7-18)19-5-3-4-13(10-19)14-16-12(2)17-22-14/h11,13H,3-10H2,1-2H3/t11-,13-/m1/s1. The van der Waals surface area contributed by atoms with Crippen LogP contribution >= 0.6 is 0 Å². The van der Waals surface area contributed by atoms with Crippen molar-refractivity contribution >= 4 is 5.91 Å². The van der Waals surface area contributed by atoms with Crippen molar-refractivity contribution in [2.75, 3.05) is 39.4 Å². The molecule has 122 valence electrons. The fraction of sp³-hybridized carbons (Fsp3) is 0.800. The van der Waals surface area contributed by atoms with Gasteiger partial charge in [0.25, 0.3) is 0 Å². The van der Waals surface area contributed by atoms with Gasteiger partial charge in [-0.1, -0.05) is 5.16 Å². The van der Waals surface area contributed by atoms with Crippen LogP contribution in [0.5, 0.6) is 0 Å². The van der Waals surface area contributed by atoms with Gasteiger partial charge >= 0.3 is 0 Å². The number of rotatable bonds is 3. The minimum absolute atomic E-state index is 0.107.